The number of ether oxygens (including phenoxy) is 1. The molecule has 0 radical (unpaired) electrons. The molecule has 0 bridgehead atoms. The third kappa shape index (κ3) is 3.17. The number of aliphatic hydroxyl groups is 1. The predicted octanol–water partition coefficient (Wildman–Crippen LogP) is 1.00. The minimum Gasteiger partial charge on any atom is -0.398 e. The van der Waals surface area contributed by atoms with E-state index in [2.05, 4.69) is 0 Å². The maximum Gasteiger partial charge on any atom is 0.243 e. The Morgan fingerprint density at radius 2 is 2.19 bits per heavy atom. The van der Waals surface area contributed by atoms with Gasteiger partial charge in [-0.05, 0) is 31.5 Å². The van der Waals surface area contributed by atoms with E-state index in [9.17, 15) is 8.42 Å². The van der Waals surface area contributed by atoms with Crippen LogP contribution in [0.5, 0.6) is 0 Å². The van der Waals surface area contributed by atoms with Crippen LogP contribution in [0.1, 0.15) is 12.5 Å². The van der Waals surface area contributed by atoms with Gasteiger partial charge in [0.15, 0.2) is 0 Å². The van der Waals surface area contributed by atoms with Crippen molar-refractivity contribution in [2.75, 3.05) is 25.5 Å². The van der Waals surface area contributed by atoms with Crippen molar-refractivity contribution < 1.29 is 18.3 Å². The van der Waals surface area contributed by atoms with Gasteiger partial charge in [0.1, 0.15) is 0 Å². The highest BCUT2D eigenvalue weighted by molar-refractivity contribution is 7.89. The fraction of sp³-hybridized carbons (Fsp3) is 0.538. The fourth-order valence-electron chi connectivity index (χ4n) is 2.20. The summed E-state index contributed by atoms with van der Waals surface area (Å²) in [6.45, 7) is 3.60. The van der Waals surface area contributed by atoms with E-state index < -0.39 is 16.1 Å². The quantitative estimate of drug-likeness (QED) is 0.804. The summed E-state index contributed by atoms with van der Waals surface area (Å²) in [5.74, 6) is 0. The first-order valence-electron chi connectivity index (χ1n) is 6.57. The maximum atomic E-state index is 12.7. The fourth-order valence-corrected chi connectivity index (χ4v) is 4.20. The summed E-state index contributed by atoms with van der Waals surface area (Å²) < 4.78 is 32.2. The molecule has 2 unspecified atom stereocenters. The highest BCUT2D eigenvalue weighted by Crippen LogP contribution is 2.29. The third-order valence-corrected chi connectivity index (χ3v) is 5.97. The second-order valence-corrected chi connectivity index (χ2v) is 7.48. The molecule has 1 aliphatic rings. The van der Waals surface area contributed by atoms with Crippen LogP contribution in [-0.2, 0) is 14.8 Å². The van der Waals surface area contributed by atoms with Crippen molar-refractivity contribution in [2.24, 2.45) is 0 Å². The number of rotatable bonds is 3. The lowest BCUT2D eigenvalue weighted by molar-refractivity contribution is -0.0516. The first-order valence-corrected chi connectivity index (χ1v) is 8.39. The Morgan fingerprint density at radius 3 is 2.76 bits per heavy atom. The maximum absolute atomic E-state index is 12.7. The number of aliphatic hydroxyl groups excluding tert-OH is 1. The van der Waals surface area contributed by atoms with Crippen LogP contribution in [0.15, 0.2) is 17.0 Å². The van der Waals surface area contributed by atoms with Crippen molar-refractivity contribution in [1.29, 1.82) is 0 Å². The molecule has 21 heavy (non-hydrogen) atoms. The molecule has 3 N–H and O–H groups in total. The largest absolute Gasteiger partial charge is 0.398 e. The van der Waals surface area contributed by atoms with E-state index in [0.29, 0.717) is 16.3 Å². The van der Waals surface area contributed by atoms with Gasteiger partial charge < -0.3 is 15.6 Å². The normalized spacial score (nSPS) is 24.2. The van der Waals surface area contributed by atoms with E-state index >= 15 is 0 Å². The van der Waals surface area contributed by atoms with Crippen LogP contribution >= 0.6 is 11.6 Å². The Kier molecular flexibility index (Phi) is 4.79. The molecule has 0 aliphatic carbocycles. The lowest BCUT2D eigenvalue weighted by Crippen LogP contribution is -2.51. The smallest absolute Gasteiger partial charge is 0.243 e. The molecule has 2 rings (SSSR count). The molecular formula is C13H19ClN2O4S. The average Bonchev–Trinajstić information content (AvgIpc) is 2.44. The molecule has 8 heteroatoms. The van der Waals surface area contributed by atoms with Gasteiger partial charge in [0.2, 0.25) is 10.0 Å². The lowest BCUT2D eigenvalue weighted by atomic mass is 10.2. The first-order chi connectivity index (χ1) is 9.77. The van der Waals surface area contributed by atoms with Gasteiger partial charge in [0, 0.05) is 23.3 Å². The average molecular weight is 335 g/mol. The van der Waals surface area contributed by atoms with Crippen molar-refractivity contribution in [3.8, 4) is 0 Å². The monoisotopic (exact) mass is 334 g/mol. The van der Waals surface area contributed by atoms with Crippen molar-refractivity contribution in [2.45, 2.75) is 30.9 Å². The van der Waals surface area contributed by atoms with Gasteiger partial charge in [-0.3, -0.25) is 0 Å². The number of benzene rings is 1. The molecular weight excluding hydrogens is 316 g/mol. The minimum atomic E-state index is -3.74. The Bertz CT molecular complexity index is 612. The molecule has 1 aliphatic heterocycles. The van der Waals surface area contributed by atoms with E-state index in [4.69, 9.17) is 27.2 Å². The molecule has 1 fully saturated rings. The zero-order chi connectivity index (χ0) is 15.8. The number of nitrogens with two attached hydrogens (primary N) is 1. The molecule has 0 aromatic heterocycles. The van der Waals surface area contributed by atoms with Crippen LogP contribution in [-0.4, -0.2) is 49.7 Å². The number of sulfonamides is 1. The second kappa shape index (κ2) is 6.10. The number of hydrogen-bond donors (Lipinski definition) is 2. The van der Waals surface area contributed by atoms with Gasteiger partial charge in [0.05, 0.1) is 24.2 Å². The van der Waals surface area contributed by atoms with Crippen LogP contribution < -0.4 is 5.73 Å². The van der Waals surface area contributed by atoms with Crippen molar-refractivity contribution >= 4 is 27.3 Å². The summed E-state index contributed by atoms with van der Waals surface area (Å²) in [4.78, 5) is 0.0565. The van der Waals surface area contributed by atoms with Gasteiger partial charge in [-0.1, -0.05) is 11.6 Å². The van der Waals surface area contributed by atoms with Crippen LogP contribution in [0.2, 0.25) is 5.02 Å². The molecule has 1 aromatic rings. The van der Waals surface area contributed by atoms with Crippen LogP contribution in [0.4, 0.5) is 5.69 Å². The number of morpholine rings is 1. The number of halogens is 1. The molecule has 6 nitrogen and oxygen atoms in total. The molecule has 118 valence electrons. The topological polar surface area (TPSA) is 92.9 Å². The van der Waals surface area contributed by atoms with Crippen LogP contribution in [0.3, 0.4) is 0 Å². The lowest BCUT2D eigenvalue weighted by Gasteiger charge is -2.36. The van der Waals surface area contributed by atoms with E-state index in [0.717, 1.165) is 0 Å². The predicted molar refractivity (Wildman–Crippen MR) is 80.8 cm³/mol. The van der Waals surface area contributed by atoms with Crippen molar-refractivity contribution in [3.05, 3.63) is 22.7 Å². The van der Waals surface area contributed by atoms with Crippen LogP contribution in [0.25, 0.3) is 0 Å². The van der Waals surface area contributed by atoms with Crippen LogP contribution in [0, 0.1) is 6.92 Å². The van der Waals surface area contributed by atoms with Gasteiger partial charge in [0.25, 0.3) is 0 Å². The molecule has 1 heterocycles. The van der Waals surface area contributed by atoms with Gasteiger partial charge >= 0.3 is 0 Å². The van der Waals surface area contributed by atoms with E-state index in [-0.39, 0.29) is 30.7 Å². The Hall–Kier alpha value is -0.860. The zero-order valence-electron chi connectivity index (χ0n) is 11.9. The standard InChI is InChI=1S/C13H19ClN2O4S/c1-8-7-20-10(6-17)5-16(8)21(18,19)11-3-12(14)9(2)13(15)4-11/h3-4,8,10,17H,5-7,15H2,1-2H3. The summed E-state index contributed by atoms with van der Waals surface area (Å²) in [7, 11) is -3.74. The summed E-state index contributed by atoms with van der Waals surface area (Å²) in [5.41, 5.74) is 6.79. The minimum absolute atomic E-state index is 0.0565. The Labute approximate surface area is 129 Å². The summed E-state index contributed by atoms with van der Waals surface area (Å²) in [6, 6.07) is 2.49. The molecule has 1 saturated heterocycles. The molecule has 1 aromatic carbocycles. The van der Waals surface area contributed by atoms with E-state index in [1.807, 2.05) is 0 Å². The third-order valence-electron chi connectivity index (χ3n) is 3.62. The number of anilines is 1. The zero-order valence-corrected chi connectivity index (χ0v) is 13.5. The molecule has 0 amide bonds. The van der Waals surface area contributed by atoms with Gasteiger partial charge in [-0.25, -0.2) is 8.42 Å². The highest BCUT2D eigenvalue weighted by Gasteiger charge is 2.35. The molecule has 2 atom stereocenters. The SMILES string of the molecule is Cc1c(N)cc(S(=O)(=O)N2CC(CO)OCC2C)cc1Cl. The highest BCUT2D eigenvalue weighted by atomic mass is 35.5. The summed E-state index contributed by atoms with van der Waals surface area (Å²) in [5, 5.41) is 9.48. The Morgan fingerprint density at radius 1 is 1.52 bits per heavy atom. The number of nitrogen functional groups attached to an aromatic ring is 1. The van der Waals surface area contributed by atoms with Gasteiger partial charge in [-0.15, -0.1) is 0 Å². The first kappa shape index (κ1) is 16.5. The van der Waals surface area contributed by atoms with Gasteiger partial charge in [-0.2, -0.15) is 4.31 Å². The van der Waals surface area contributed by atoms with Crippen molar-refractivity contribution in [1.82, 2.24) is 4.31 Å². The summed E-state index contributed by atoms with van der Waals surface area (Å²) in [6.07, 6.45) is -0.519. The Balaban J connectivity index is 2.41. The molecule has 0 spiro atoms. The van der Waals surface area contributed by atoms with E-state index in [1.54, 1.807) is 13.8 Å². The van der Waals surface area contributed by atoms with Crippen molar-refractivity contribution in [3.63, 3.8) is 0 Å². The second-order valence-electron chi connectivity index (χ2n) is 5.18. The van der Waals surface area contributed by atoms with E-state index in [1.165, 1.54) is 16.4 Å². The number of nitrogens with zero attached hydrogens (tertiary/aromatic N) is 1. The number of hydrogen-bond acceptors (Lipinski definition) is 5. The summed E-state index contributed by atoms with van der Waals surface area (Å²) >= 11 is 6.03. The molecule has 0 saturated carbocycles.